The van der Waals surface area contributed by atoms with Crippen LogP contribution in [0.5, 0.6) is 0 Å². The predicted octanol–water partition coefficient (Wildman–Crippen LogP) is 3.22. The van der Waals surface area contributed by atoms with E-state index in [9.17, 15) is 0 Å². The van der Waals surface area contributed by atoms with E-state index in [1.54, 1.807) is 6.20 Å². The van der Waals surface area contributed by atoms with Crippen LogP contribution >= 0.6 is 0 Å². The Morgan fingerprint density at radius 2 is 2.29 bits per heavy atom. The first-order chi connectivity index (χ1) is 10.3. The molecule has 3 atom stereocenters. The SMILES string of the molecule is CC(NC1CCC(C#N)C1)c1cccc(-n2cccn2)c1. The quantitative estimate of drug-likeness (QED) is 0.935. The summed E-state index contributed by atoms with van der Waals surface area (Å²) in [6.07, 6.45) is 6.83. The number of benzene rings is 1. The maximum absolute atomic E-state index is 8.99. The smallest absolute Gasteiger partial charge is 0.0656 e. The Labute approximate surface area is 125 Å². The van der Waals surface area contributed by atoms with E-state index in [2.05, 4.69) is 47.7 Å². The van der Waals surface area contributed by atoms with Gasteiger partial charge in [-0.05, 0) is 49.9 Å². The van der Waals surface area contributed by atoms with Crippen LogP contribution in [0.3, 0.4) is 0 Å². The van der Waals surface area contributed by atoms with Crippen molar-refractivity contribution in [2.75, 3.05) is 0 Å². The van der Waals surface area contributed by atoms with Crippen molar-refractivity contribution in [1.29, 1.82) is 5.26 Å². The van der Waals surface area contributed by atoms with Crippen molar-refractivity contribution in [2.45, 2.75) is 38.3 Å². The van der Waals surface area contributed by atoms with Crippen molar-refractivity contribution in [3.05, 3.63) is 48.3 Å². The number of hydrogen-bond acceptors (Lipinski definition) is 3. The van der Waals surface area contributed by atoms with Crippen molar-refractivity contribution in [1.82, 2.24) is 15.1 Å². The van der Waals surface area contributed by atoms with Gasteiger partial charge < -0.3 is 5.32 Å². The number of rotatable bonds is 4. The predicted molar refractivity (Wildman–Crippen MR) is 81.9 cm³/mol. The molecule has 0 bridgehead atoms. The van der Waals surface area contributed by atoms with E-state index in [4.69, 9.17) is 5.26 Å². The van der Waals surface area contributed by atoms with Crippen molar-refractivity contribution in [2.24, 2.45) is 5.92 Å². The summed E-state index contributed by atoms with van der Waals surface area (Å²) in [5, 5.41) is 16.9. The Bertz CT molecular complexity index is 626. The highest BCUT2D eigenvalue weighted by atomic mass is 15.3. The summed E-state index contributed by atoms with van der Waals surface area (Å²) in [7, 11) is 0. The zero-order valence-electron chi connectivity index (χ0n) is 12.2. The van der Waals surface area contributed by atoms with Crippen LogP contribution in [-0.4, -0.2) is 15.8 Å². The molecule has 108 valence electrons. The van der Waals surface area contributed by atoms with Crippen LogP contribution in [0.25, 0.3) is 5.69 Å². The summed E-state index contributed by atoms with van der Waals surface area (Å²) in [6.45, 7) is 2.18. The van der Waals surface area contributed by atoms with Crippen LogP contribution < -0.4 is 5.32 Å². The van der Waals surface area contributed by atoms with Gasteiger partial charge in [-0.15, -0.1) is 0 Å². The van der Waals surface area contributed by atoms with E-state index in [0.29, 0.717) is 6.04 Å². The first-order valence-electron chi connectivity index (χ1n) is 7.52. The zero-order valence-corrected chi connectivity index (χ0v) is 12.2. The Hall–Kier alpha value is -2.12. The second kappa shape index (κ2) is 6.11. The molecule has 3 rings (SSSR count). The average molecular weight is 280 g/mol. The van der Waals surface area contributed by atoms with Crippen molar-refractivity contribution in [3.63, 3.8) is 0 Å². The molecule has 0 amide bonds. The summed E-state index contributed by atoms with van der Waals surface area (Å²) in [6, 6.07) is 13.5. The van der Waals surface area contributed by atoms with Gasteiger partial charge in [0.1, 0.15) is 0 Å². The van der Waals surface area contributed by atoms with E-state index >= 15 is 0 Å². The van der Waals surface area contributed by atoms with Gasteiger partial charge in [-0.2, -0.15) is 10.4 Å². The number of nitrogens with zero attached hydrogens (tertiary/aromatic N) is 3. The molecule has 0 aliphatic heterocycles. The standard InChI is InChI=1S/C17H20N4/c1-13(20-16-7-6-14(10-16)12-18)15-4-2-5-17(11-15)21-9-3-8-19-21/h2-5,8-9,11,13-14,16,20H,6-7,10H2,1H3. The maximum atomic E-state index is 8.99. The minimum atomic E-state index is 0.227. The van der Waals surface area contributed by atoms with Crippen molar-refractivity contribution < 1.29 is 0 Å². The highest BCUT2D eigenvalue weighted by Gasteiger charge is 2.25. The Morgan fingerprint density at radius 3 is 3.00 bits per heavy atom. The molecule has 1 aromatic heterocycles. The molecule has 1 aromatic carbocycles. The van der Waals surface area contributed by atoms with Crippen LogP contribution in [0.1, 0.15) is 37.8 Å². The summed E-state index contributed by atoms with van der Waals surface area (Å²) < 4.78 is 1.87. The van der Waals surface area contributed by atoms with E-state index in [1.807, 2.05) is 16.9 Å². The summed E-state index contributed by atoms with van der Waals surface area (Å²) in [4.78, 5) is 0. The summed E-state index contributed by atoms with van der Waals surface area (Å²) in [5.74, 6) is 0.227. The van der Waals surface area contributed by atoms with Gasteiger partial charge in [-0.3, -0.25) is 0 Å². The molecule has 0 spiro atoms. The van der Waals surface area contributed by atoms with Gasteiger partial charge in [0.05, 0.1) is 11.8 Å². The second-order valence-electron chi connectivity index (χ2n) is 5.77. The van der Waals surface area contributed by atoms with Gasteiger partial charge in [-0.25, -0.2) is 4.68 Å². The maximum Gasteiger partial charge on any atom is 0.0656 e. The molecule has 1 saturated carbocycles. The topological polar surface area (TPSA) is 53.6 Å². The van der Waals surface area contributed by atoms with E-state index < -0.39 is 0 Å². The lowest BCUT2D eigenvalue weighted by atomic mass is 10.1. The zero-order chi connectivity index (χ0) is 14.7. The number of nitriles is 1. The molecule has 4 heteroatoms. The molecule has 0 saturated heterocycles. The highest BCUT2D eigenvalue weighted by Crippen LogP contribution is 2.27. The Kier molecular flexibility index (Phi) is 4.03. The highest BCUT2D eigenvalue weighted by molar-refractivity contribution is 5.36. The van der Waals surface area contributed by atoms with E-state index in [1.165, 1.54) is 5.56 Å². The largest absolute Gasteiger partial charge is 0.307 e. The third-order valence-corrected chi connectivity index (χ3v) is 4.24. The van der Waals surface area contributed by atoms with Gasteiger partial charge in [0.15, 0.2) is 0 Å². The van der Waals surface area contributed by atoms with Crippen molar-refractivity contribution in [3.8, 4) is 11.8 Å². The van der Waals surface area contributed by atoms with Crippen LogP contribution in [0, 0.1) is 17.2 Å². The number of nitrogens with one attached hydrogen (secondary N) is 1. The summed E-state index contributed by atoms with van der Waals surface area (Å²) >= 11 is 0. The molecule has 4 nitrogen and oxygen atoms in total. The fourth-order valence-electron chi connectivity index (χ4n) is 3.06. The first-order valence-corrected chi connectivity index (χ1v) is 7.52. The molecular weight excluding hydrogens is 260 g/mol. The molecule has 2 aromatic rings. The van der Waals surface area contributed by atoms with Gasteiger partial charge >= 0.3 is 0 Å². The third-order valence-electron chi connectivity index (χ3n) is 4.24. The molecule has 0 radical (unpaired) electrons. The molecule has 1 fully saturated rings. The minimum absolute atomic E-state index is 0.227. The average Bonchev–Trinajstić information content (AvgIpc) is 3.18. The molecule has 1 aliphatic carbocycles. The lowest BCUT2D eigenvalue weighted by Crippen LogP contribution is -2.29. The van der Waals surface area contributed by atoms with Crippen LogP contribution in [0.4, 0.5) is 0 Å². The van der Waals surface area contributed by atoms with Crippen LogP contribution in [-0.2, 0) is 0 Å². The molecular formula is C17H20N4. The van der Waals surface area contributed by atoms with Crippen LogP contribution in [0.15, 0.2) is 42.7 Å². The lowest BCUT2D eigenvalue weighted by molar-refractivity contribution is 0.455. The number of hydrogen-bond donors (Lipinski definition) is 1. The van der Waals surface area contributed by atoms with Crippen molar-refractivity contribution >= 4 is 0 Å². The van der Waals surface area contributed by atoms with Gasteiger partial charge in [0, 0.05) is 30.4 Å². The van der Waals surface area contributed by atoms with Crippen LogP contribution in [0.2, 0.25) is 0 Å². The number of aromatic nitrogens is 2. The van der Waals surface area contributed by atoms with Gasteiger partial charge in [0.25, 0.3) is 0 Å². The normalized spacial score (nSPS) is 22.9. The molecule has 3 unspecified atom stereocenters. The first kappa shape index (κ1) is 13.8. The Morgan fingerprint density at radius 1 is 1.38 bits per heavy atom. The molecule has 1 N–H and O–H groups in total. The fourth-order valence-corrected chi connectivity index (χ4v) is 3.06. The minimum Gasteiger partial charge on any atom is -0.307 e. The fraction of sp³-hybridized carbons (Fsp3) is 0.412. The molecule has 21 heavy (non-hydrogen) atoms. The molecule has 1 aliphatic rings. The Balaban J connectivity index is 1.69. The monoisotopic (exact) mass is 280 g/mol. The van der Waals surface area contributed by atoms with E-state index in [0.717, 1.165) is 24.9 Å². The lowest BCUT2D eigenvalue weighted by Gasteiger charge is -2.20. The molecule has 1 heterocycles. The summed E-state index contributed by atoms with van der Waals surface area (Å²) in [5.41, 5.74) is 2.33. The second-order valence-corrected chi connectivity index (χ2v) is 5.77. The third kappa shape index (κ3) is 3.14. The van der Waals surface area contributed by atoms with Gasteiger partial charge in [-0.1, -0.05) is 12.1 Å². The van der Waals surface area contributed by atoms with E-state index in [-0.39, 0.29) is 12.0 Å². The van der Waals surface area contributed by atoms with Gasteiger partial charge in [0.2, 0.25) is 0 Å².